The van der Waals surface area contributed by atoms with E-state index in [9.17, 15) is 8.78 Å². The van der Waals surface area contributed by atoms with E-state index < -0.39 is 11.6 Å². The summed E-state index contributed by atoms with van der Waals surface area (Å²) in [7, 11) is 3.36. The first-order valence-electron chi connectivity index (χ1n) is 9.31. The first kappa shape index (κ1) is 19.9. The Morgan fingerprint density at radius 1 is 1.25 bits per heavy atom. The monoisotopic (exact) mass is 388 g/mol. The summed E-state index contributed by atoms with van der Waals surface area (Å²) >= 11 is 0. The standard InChI is InChI=1S/C21H26F2N4O/c1-14-11-15(7-8-19(14)28-3)12-25-21(24-2)26-16-9-10-27(13-16)20-17(22)5-4-6-18(20)23/h4-8,11,16H,9-10,12-13H2,1-3H3,(H2,24,25,26). The Labute approximate surface area is 164 Å². The molecule has 0 aromatic heterocycles. The zero-order valence-corrected chi connectivity index (χ0v) is 16.4. The van der Waals surface area contributed by atoms with E-state index in [1.54, 1.807) is 19.1 Å². The summed E-state index contributed by atoms with van der Waals surface area (Å²) in [4.78, 5) is 6.00. The second kappa shape index (κ2) is 8.91. The van der Waals surface area contributed by atoms with Gasteiger partial charge in [-0.15, -0.1) is 0 Å². The normalized spacial score (nSPS) is 17.0. The minimum atomic E-state index is -0.530. The number of halogens is 2. The van der Waals surface area contributed by atoms with Gasteiger partial charge in [0.15, 0.2) is 5.96 Å². The molecule has 0 bridgehead atoms. The van der Waals surface area contributed by atoms with Crippen LogP contribution in [-0.4, -0.2) is 39.2 Å². The van der Waals surface area contributed by atoms with Gasteiger partial charge in [0.25, 0.3) is 0 Å². The lowest BCUT2D eigenvalue weighted by molar-refractivity contribution is 0.411. The molecule has 0 spiro atoms. The second-order valence-corrected chi connectivity index (χ2v) is 6.88. The summed E-state index contributed by atoms with van der Waals surface area (Å²) < 4.78 is 33.3. The summed E-state index contributed by atoms with van der Waals surface area (Å²) in [5.74, 6) is 0.461. The number of ether oxygens (including phenoxy) is 1. The highest BCUT2D eigenvalue weighted by Gasteiger charge is 2.27. The fraction of sp³-hybridized carbons (Fsp3) is 0.381. The van der Waals surface area contributed by atoms with Crippen molar-refractivity contribution in [3.8, 4) is 5.75 Å². The van der Waals surface area contributed by atoms with E-state index >= 15 is 0 Å². The van der Waals surface area contributed by atoms with Crippen LogP contribution in [0.25, 0.3) is 0 Å². The van der Waals surface area contributed by atoms with Gasteiger partial charge in [-0.3, -0.25) is 4.99 Å². The Morgan fingerprint density at radius 3 is 2.64 bits per heavy atom. The predicted molar refractivity (Wildman–Crippen MR) is 108 cm³/mol. The number of aryl methyl sites for hydroxylation is 1. The summed E-state index contributed by atoms with van der Waals surface area (Å²) in [6.07, 6.45) is 0.774. The summed E-state index contributed by atoms with van der Waals surface area (Å²) in [6.45, 7) is 3.72. The van der Waals surface area contributed by atoms with Crippen LogP contribution in [0.4, 0.5) is 14.5 Å². The third-order valence-electron chi connectivity index (χ3n) is 4.93. The molecule has 0 amide bonds. The number of guanidine groups is 1. The first-order valence-corrected chi connectivity index (χ1v) is 9.31. The molecular weight excluding hydrogens is 362 g/mol. The molecule has 1 unspecified atom stereocenters. The Balaban J connectivity index is 1.56. The van der Waals surface area contributed by atoms with E-state index in [1.807, 2.05) is 19.1 Å². The molecule has 2 N–H and O–H groups in total. The molecule has 1 fully saturated rings. The highest BCUT2D eigenvalue weighted by molar-refractivity contribution is 5.80. The van der Waals surface area contributed by atoms with Gasteiger partial charge in [-0.1, -0.05) is 18.2 Å². The minimum absolute atomic E-state index is 0.0449. The number of rotatable bonds is 5. The average Bonchev–Trinajstić information content (AvgIpc) is 3.13. The highest BCUT2D eigenvalue weighted by Crippen LogP contribution is 2.26. The van der Waals surface area contributed by atoms with Crippen molar-refractivity contribution in [2.45, 2.75) is 25.9 Å². The van der Waals surface area contributed by atoms with Crippen molar-refractivity contribution in [3.05, 3.63) is 59.2 Å². The van der Waals surface area contributed by atoms with Crippen LogP contribution >= 0.6 is 0 Å². The number of hydrogen-bond acceptors (Lipinski definition) is 3. The maximum Gasteiger partial charge on any atom is 0.191 e. The summed E-state index contributed by atoms with van der Waals surface area (Å²) in [5, 5.41) is 6.63. The number of aliphatic imine (C=N–C) groups is 1. The third-order valence-corrected chi connectivity index (χ3v) is 4.93. The average molecular weight is 388 g/mol. The molecule has 2 aromatic carbocycles. The quantitative estimate of drug-likeness (QED) is 0.610. The van der Waals surface area contributed by atoms with Crippen LogP contribution in [0.5, 0.6) is 5.75 Å². The lowest BCUT2D eigenvalue weighted by atomic mass is 10.1. The third kappa shape index (κ3) is 4.52. The molecule has 150 valence electrons. The molecule has 5 nitrogen and oxygen atoms in total. The molecular formula is C21H26F2N4O. The maximum absolute atomic E-state index is 14.0. The number of benzene rings is 2. The molecule has 1 aliphatic rings. The molecule has 0 aliphatic carbocycles. The van der Waals surface area contributed by atoms with Crippen molar-refractivity contribution < 1.29 is 13.5 Å². The number of anilines is 1. The van der Waals surface area contributed by atoms with Crippen molar-refractivity contribution in [2.24, 2.45) is 4.99 Å². The largest absolute Gasteiger partial charge is 0.496 e. The number of hydrogen-bond donors (Lipinski definition) is 2. The molecule has 28 heavy (non-hydrogen) atoms. The van der Waals surface area contributed by atoms with Gasteiger partial charge in [0.2, 0.25) is 0 Å². The molecule has 1 atom stereocenters. The number of para-hydroxylation sites is 1. The first-order chi connectivity index (χ1) is 13.5. The topological polar surface area (TPSA) is 48.9 Å². The van der Waals surface area contributed by atoms with Crippen molar-refractivity contribution >= 4 is 11.6 Å². The number of nitrogens with zero attached hydrogens (tertiary/aromatic N) is 2. The van der Waals surface area contributed by atoms with Gasteiger partial charge in [-0.05, 0) is 42.7 Å². The smallest absolute Gasteiger partial charge is 0.191 e. The van der Waals surface area contributed by atoms with Crippen molar-refractivity contribution in [3.63, 3.8) is 0 Å². The van der Waals surface area contributed by atoms with Crippen LogP contribution < -0.4 is 20.3 Å². The van der Waals surface area contributed by atoms with E-state index in [2.05, 4.69) is 21.7 Å². The van der Waals surface area contributed by atoms with E-state index in [4.69, 9.17) is 4.74 Å². The van der Waals surface area contributed by atoms with Crippen molar-refractivity contribution in [1.82, 2.24) is 10.6 Å². The van der Waals surface area contributed by atoms with Gasteiger partial charge in [-0.25, -0.2) is 8.78 Å². The Kier molecular flexibility index (Phi) is 6.34. The van der Waals surface area contributed by atoms with Crippen LogP contribution in [-0.2, 0) is 6.54 Å². The van der Waals surface area contributed by atoms with Crippen LogP contribution in [0.2, 0.25) is 0 Å². The van der Waals surface area contributed by atoms with E-state index in [1.165, 1.54) is 18.2 Å². The molecule has 7 heteroatoms. The van der Waals surface area contributed by atoms with Gasteiger partial charge in [0.05, 0.1) is 7.11 Å². The Hall–Kier alpha value is -2.83. The van der Waals surface area contributed by atoms with Gasteiger partial charge >= 0.3 is 0 Å². The van der Waals surface area contributed by atoms with Crippen LogP contribution in [0.15, 0.2) is 41.4 Å². The van der Waals surface area contributed by atoms with Gasteiger partial charge in [-0.2, -0.15) is 0 Å². The lowest BCUT2D eigenvalue weighted by Gasteiger charge is -2.21. The number of nitrogens with one attached hydrogen (secondary N) is 2. The molecule has 1 heterocycles. The zero-order chi connectivity index (χ0) is 20.1. The lowest BCUT2D eigenvalue weighted by Crippen LogP contribution is -2.44. The van der Waals surface area contributed by atoms with E-state index in [0.29, 0.717) is 25.6 Å². The minimum Gasteiger partial charge on any atom is -0.496 e. The summed E-state index contributed by atoms with van der Waals surface area (Å²) in [6, 6.07) is 10.0. The molecule has 2 aromatic rings. The fourth-order valence-electron chi connectivity index (χ4n) is 3.50. The fourth-order valence-corrected chi connectivity index (χ4v) is 3.50. The molecule has 0 saturated carbocycles. The molecule has 3 rings (SSSR count). The van der Waals surface area contributed by atoms with Gasteiger partial charge in [0.1, 0.15) is 23.1 Å². The van der Waals surface area contributed by atoms with Crippen LogP contribution in [0.1, 0.15) is 17.5 Å². The molecule has 1 aliphatic heterocycles. The summed E-state index contributed by atoms with van der Waals surface area (Å²) in [5.41, 5.74) is 2.23. The van der Waals surface area contributed by atoms with E-state index in [-0.39, 0.29) is 11.7 Å². The van der Waals surface area contributed by atoms with Crippen LogP contribution in [0.3, 0.4) is 0 Å². The second-order valence-electron chi connectivity index (χ2n) is 6.88. The van der Waals surface area contributed by atoms with E-state index in [0.717, 1.165) is 23.3 Å². The van der Waals surface area contributed by atoms with Crippen LogP contribution in [0, 0.1) is 18.6 Å². The highest BCUT2D eigenvalue weighted by atomic mass is 19.1. The van der Waals surface area contributed by atoms with Crippen molar-refractivity contribution in [1.29, 1.82) is 0 Å². The van der Waals surface area contributed by atoms with Crippen molar-refractivity contribution in [2.75, 3.05) is 32.1 Å². The van der Waals surface area contributed by atoms with Gasteiger partial charge in [0, 0.05) is 32.7 Å². The maximum atomic E-state index is 14.0. The number of methoxy groups -OCH3 is 1. The molecule has 0 radical (unpaired) electrons. The zero-order valence-electron chi connectivity index (χ0n) is 16.4. The Morgan fingerprint density at radius 2 is 2.00 bits per heavy atom. The molecule has 1 saturated heterocycles. The Bertz CT molecular complexity index is 836. The SMILES string of the molecule is CN=C(NCc1ccc(OC)c(C)c1)NC1CCN(c2c(F)cccc2F)C1. The predicted octanol–water partition coefficient (Wildman–Crippen LogP) is 3.23. The van der Waals surface area contributed by atoms with Gasteiger partial charge < -0.3 is 20.3 Å².